The van der Waals surface area contributed by atoms with Gasteiger partial charge in [-0.05, 0) is 57.5 Å². The Labute approximate surface area is 146 Å². The van der Waals surface area contributed by atoms with Gasteiger partial charge in [-0.1, -0.05) is 23.2 Å². The van der Waals surface area contributed by atoms with Crippen LogP contribution in [0.4, 0.5) is 0 Å². The van der Waals surface area contributed by atoms with Gasteiger partial charge in [0.15, 0.2) is 0 Å². The third kappa shape index (κ3) is 4.79. The van der Waals surface area contributed by atoms with E-state index in [0.717, 1.165) is 31.0 Å². The Morgan fingerprint density at radius 3 is 3.00 bits per heavy atom. The van der Waals surface area contributed by atoms with Crippen LogP contribution in [0.15, 0.2) is 23.1 Å². The maximum absolute atomic E-state index is 12.7. The SMILES string of the molecule is CNCC1CCCN(C(=O)C(C)Sc2cc(Cl)ccc2Cl)C1. The molecule has 1 saturated heterocycles. The van der Waals surface area contributed by atoms with Crippen molar-refractivity contribution in [2.75, 3.05) is 26.7 Å². The smallest absolute Gasteiger partial charge is 0.235 e. The predicted molar refractivity (Wildman–Crippen MR) is 95.0 cm³/mol. The van der Waals surface area contributed by atoms with Gasteiger partial charge in [0, 0.05) is 23.0 Å². The molecule has 1 amide bonds. The van der Waals surface area contributed by atoms with Crippen molar-refractivity contribution < 1.29 is 4.79 Å². The number of thioether (sulfide) groups is 1. The molecule has 6 heteroatoms. The minimum absolute atomic E-state index is 0.163. The highest BCUT2D eigenvalue weighted by atomic mass is 35.5. The Balaban J connectivity index is 1.98. The number of nitrogens with zero attached hydrogens (tertiary/aromatic N) is 1. The zero-order valence-corrected chi connectivity index (χ0v) is 15.3. The first-order valence-corrected chi connectivity index (χ1v) is 9.20. The first kappa shape index (κ1) is 17.9. The van der Waals surface area contributed by atoms with Crippen LogP contribution in [0.25, 0.3) is 0 Å². The van der Waals surface area contributed by atoms with Crippen molar-refractivity contribution in [3.8, 4) is 0 Å². The van der Waals surface area contributed by atoms with Crippen molar-refractivity contribution in [3.05, 3.63) is 28.2 Å². The van der Waals surface area contributed by atoms with Crippen molar-refractivity contribution in [2.24, 2.45) is 5.92 Å². The summed E-state index contributed by atoms with van der Waals surface area (Å²) in [5.74, 6) is 0.733. The molecule has 0 bridgehead atoms. The van der Waals surface area contributed by atoms with Crippen LogP contribution in [0.1, 0.15) is 19.8 Å². The lowest BCUT2D eigenvalue weighted by molar-refractivity contribution is -0.132. The molecule has 122 valence electrons. The van der Waals surface area contributed by atoms with E-state index in [1.54, 1.807) is 12.1 Å². The average molecular weight is 361 g/mol. The van der Waals surface area contributed by atoms with E-state index in [1.807, 2.05) is 24.9 Å². The van der Waals surface area contributed by atoms with E-state index in [1.165, 1.54) is 18.2 Å². The summed E-state index contributed by atoms with van der Waals surface area (Å²) in [4.78, 5) is 15.5. The summed E-state index contributed by atoms with van der Waals surface area (Å²) in [7, 11) is 1.96. The maximum Gasteiger partial charge on any atom is 0.235 e. The fourth-order valence-corrected chi connectivity index (χ4v) is 4.28. The van der Waals surface area contributed by atoms with Gasteiger partial charge in [-0.3, -0.25) is 4.79 Å². The van der Waals surface area contributed by atoms with E-state index in [9.17, 15) is 4.79 Å². The molecule has 0 aliphatic carbocycles. The van der Waals surface area contributed by atoms with E-state index in [4.69, 9.17) is 23.2 Å². The topological polar surface area (TPSA) is 32.3 Å². The molecule has 1 aliphatic heterocycles. The van der Waals surface area contributed by atoms with Crippen molar-refractivity contribution in [2.45, 2.75) is 29.9 Å². The number of carbonyl (C=O) groups excluding carboxylic acids is 1. The summed E-state index contributed by atoms with van der Waals surface area (Å²) in [6, 6.07) is 5.35. The normalized spacial score (nSPS) is 20.0. The molecule has 2 rings (SSSR count). The van der Waals surface area contributed by atoms with Gasteiger partial charge in [-0.2, -0.15) is 0 Å². The quantitative estimate of drug-likeness (QED) is 0.807. The van der Waals surface area contributed by atoms with Crippen LogP contribution in [0.5, 0.6) is 0 Å². The van der Waals surface area contributed by atoms with Gasteiger partial charge in [0.25, 0.3) is 0 Å². The second-order valence-electron chi connectivity index (χ2n) is 5.69. The summed E-state index contributed by atoms with van der Waals surface area (Å²) >= 11 is 13.7. The molecule has 1 heterocycles. The molecule has 1 aromatic rings. The first-order valence-electron chi connectivity index (χ1n) is 7.56. The van der Waals surface area contributed by atoms with Crippen molar-refractivity contribution >= 4 is 40.9 Å². The lowest BCUT2D eigenvalue weighted by atomic mass is 9.98. The molecule has 1 N–H and O–H groups in total. The Morgan fingerprint density at radius 2 is 2.27 bits per heavy atom. The van der Waals surface area contributed by atoms with Crippen molar-refractivity contribution in [3.63, 3.8) is 0 Å². The Morgan fingerprint density at radius 1 is 1.50 bits per heavy atom. The fraction of sp³-hybridized carbons (Fsp3) is 0.562. The second-order valence-corrected chi connectivity index (χ2v) is 7.91. The first-order chi connectivity index (χ1) is 10.5. The second kappa shape index (κ2) is 8.44. The number of likely N-dealkylation sites (tertiary alicyclic amines) is 1. The van der Waals surface area contributed by atoms with Gasteiger partial charge in [0.2, 0.25) is 5.91 Å². The Hall–Kier alpha value is -0.420. The summed E-state index contributed by atoms with van der Waals surface area (Å²) in [6.45, 7) is 4.60. The van der Waals surface area contributed by atoms with Crippen LogP contribution in [0.3, 0.4) is 0 Å². The van der Waals surface area contributed by atoms with Crippen molar-refractivity contribution in [1.82, 2.24) is 10.2 Å². The monoisotopic (exact) mass is 360 g/mol. The van der Waals surface area contributed by atoms with E-state index in [-0.39, 0.29) is 11.2 Å². The van der Waals surface area contributed by atoms with Crippen LogP contribution in [0, 0.1) is 5.92 Å². The molecular weight excluding hydrogens is 339 g/mol. The molecule has 3 nitrogen and oxygen atoms in total. The zero-order chi connectivity index (χ0) is 16.1. The van der Waals surface area contributed by atoms with Gasteiger partial charge in [0.05, 0.1) is 10.3 Å². The third-order valence-corrected chi connectivity index (χ3v) is 5.69. The molecule has 2 atom stereocenters. The zero-order valence-electron chi connectivity index (χ0n) is 12.9. The molecule has 1 fully saturated rings. The fourth-order valence-electron chi connectivity index (χ4n) is 2.79. The number of rotatable bonds is 5. The van der Waals surface area contributed by atoms with E-state index >= 15 is 0 Å². The summed E-state index contributed by atoms with van der Waals surface area (Å²) in [5.41, 5.74) is 0. The molecule has 1 aromatic carbocycles. The summed E-state index contributed by atoms with van der Waals surface area (Å²) in [6.07, 6.45) is 2.26. The van der Waals surface area contributed by atoms with E-state index in [2.05, 4.69) is 5.32 Å². The third-order valence-electron chi connectivity index (χ3n) is 3.87. The minimum Gasteiger partial charge on any atom is -0.341 e. The number of nitrogens with one attached hydrogen (secondary N) is 1. The van der Waals surface area contributed by atoms with Gasteiger partial charge in [-0.25, -0.2) is 0 Å². The highest BCUT2D eigenvalue weighted by Crippen LogP contribution is 2.33. The number of amides is 1. The molecule has 2 unspecified atom stereocenters. The van der Waals surface area contributed by atoms with Crippen molar-refractivity contribution in [1.29, 1.82) is 0 Å². The predicted octanol–water partition coefficient (Wildman–Crippen LogP) is 3.93. The number of piperidine rings is 1. The molecule has 0 saturated carbocycles. The number of halogens is 2. The largest absolute Gasteiger partial charge is 0.341 e. The number of carbonyl (C=O) groups is 1. The highest BCUT2D eigenvalue weighted by molar-refractivity contribution is 8.00. The Kier molecular flexibility index (Phi) is 6.87. The van der Waals surface area contributed by atoms with E-state index in [0.29, 0.717) is 16.0 Å². The lowest BCUT2D eigenvalue weighted by Gasteiger charge is -2.34. The molecular formula is C16H22Cl2N2OS. The van der Waals surface area contributed by atoms with Crippen LogP contribution in [-0.2, 0) is 4.79 Å². The van der Waals surface area contributed by atoms with Crippen LogP contribution in [-0.4, -0.2) is 42.7 Å². The van der Waals surface area contributed by atoms with Crippen LogP contribution < -0.4 is 5.32 Å². The molecule has 0 spiro atoms. The average Bonchev–Trinajstić information content (AvgIpc) is 2.50. The minimum atomic E-state index is -0.163. The van der Waals surface area contributed by atoms with Crippen LogP contribution >= 0.6 is 35.0 Å². The summed E-state index contributed by atoms with van der Waals surface area (Å²) in [5, 5.41) is 4.32. The molecule has 1 aliphatic rings. The van der Waals surface area contributed by atoms with Gasteiger partial charge in [-0.15, -0.1) is 11.8 Å². The lowest BCUT2D eigenvalue weighted by Crippen LogP contribution is -2.45. The Bertz CT molecular complexity index is 525. The maximum atomic E-state index is 12.7. The van der Waals surface area contributed by atoms with Gasteiger partial charge >= 0.3 is 0 Å². The molecule has 22 heavy (non-hydrogen) atoms. The highest BCUT2D eigenvalue weighted by Gasteiger charge is 2.27. The van der Waals surface area contributed by atoms with Crippen LogP contribution in [0.2, 0.25) is 10.0 Å². The number of benzene rings is 1. The van der Waals surface area contributed by atoms with Gasteiger partial charge in [0.1, 0.15) is 0 Å². The molecule has 0 aromatic heterocycles. The standard InChI is InChI=1S/C16H22Cl2N2OS/c1-11(22-15-8-13(17)5-6-14(15)18)16(21)20-7-3-4-12(10-20)9-19-2/h5-6,8,11-12,19H,3-4,7,9-10H2,1-2H3. The van der Waals surface area contributed by atoms with Gasteiger partial charge < -0.3 is 10.2 Å². The summed E-state index contributed by atoms with van der Waals surface area (Å²) < 4.78 is 0. The molecule has 0 radical (unpaired) electrons. The number of hydrogen-bond donors (Lipinski definition) is 1. The van der Waals surface area contributed by atoms with E-state index < -0.39 is 0 Å². The number of hydrogen-bond acceptors (Lipinski definition) is 3.